The quantitative estimate of drug-likeness (QED) is 0.857. The molecule has 1 unspecified atom stereocenters. The van der Waals surface area contributed by atoms with Crippen molar-refractivity contribution in [1.29, 1.82) is 0 Å². The number of hydrogen-bond donors (Lipinski definition) is 2. The Kier molecular flexibility index (Phi) is 4.96. The van der Waals surface area contributed by atoms with E-state index in [4.69, 9.17) is 5.73 Å². The summed E-state index contributed by atoms with van der Waals surface area (Å²) in [6.45, 7) is 1.74. The summed E-state index contributed by atoms with van der Waals surface area (Å²) in [6, 6.07) is 3.80. The van der Waals surface area contributed by atoms with Crippen molar-refractivity contribution in [2.45, 2.75) is 30.0 Å². The van der Waals surface area contributed by atoms with Gasteiger partial charge in [-0.2, -0.15) is 8.78 Å². The lowest BCUT2D eigenvalue weighted by atomic mass is 10.2. The van der Waals surface area contributed by atoms with E-state index in [-0.39, 0.29) is 0 Å². The number of alkyl halides is 2. The Morgan fingerprint density at radius 2 is 1.84 bits per heavy atom. The van der Waals surface area contributed by atoms with E-state index in [2.05, 4.69) is 5.32 Å². The number of benzene rings is 1. The number of nitrogens with two attached hydrogens (primary N) is 1. The molecular weight excluding hydrogens is 278 g/mol. The number of sulfone groups is 1. The van der Waals surface area contributed by atoms with Gasteiger partial charge in [0, 0.05) is 5.69 Å². The summed E-state index contributed by atoms with van der Waals surface area (Å²) < 4.78 is 46.9. The molecule has 5 nitrogen and oxygen atoms in total. The lowest BCUT2D eigenvalue weighted by Crippen LogP contribution is -2.34. The van der Waals surface area contributed by atoms with Gasteiger partial charge < -0.3 is 11.1 Å². The van der Waals surface area contributed by atoms with Crippen molar-refractivity contribution in [1.82, 2.24) is 0 Å². The van der Waals surface area contributed by atoms with Crippen LogP contribution in [0.3, 0.4) is 0 Å². The first kappa shape index (κ1) is 15.5. The molecule has 1 amide bonds. The second kappa shape index (κ2) is 6.07. The van der Waals surface area contributed by atoms with Crippen molar-refractivity contribution in [3.05, 3.63) is 24.3 Å². The van der Waals surface area contributed by atoms with Crippen LogP contribution in [0.1, 0.15) is 13.3 Å². The Bertz CT molecular complexity index is 544. The molecule has 3 N–H and O–H groups in total. The molecule has 0 aromatic heterocycles. The number of nitrogens with one attached hydrogen (secondary N) is 1. The number of rotatable bonds is 5. The van der Waals surface area contributed by atoms with Gasteiger partial charge in [-0.1, -0.05) is 6.92 Å². The van der Waals surface area contributed by atoms with Crippen LogP contribution in [-0.2, 0) is 14.6 Å². The number of anilines is 1. The minimum absolute atomic E-state index is 0.294. The Morgan fingerprint density at radius 1 is 1.32 bits per heavy atom. The third kappa shape index (κ3) is 3.71. The fourth-order valence-electron chi connectivity index (χ4n) is 1.25. The molecule has 106 valence electrons. The number of amides is 1. The van der Waals surface area contributed by atoms with Crippen molar-refractivity contribution in [3.8, 4) is 0 Å². The number of halogens is 2. The van der Waals surface area contributed by atoms with Gasteiger partial charge in [0.15, 0.2) is 0 Å². The Balaban J connectivity index is 2.86. The molecule has 1 aromatic rings. The molecule has 0 fully saturated rings. The summed E-state index contributed by atoms with van der Waals surface area (Å²) in [4.78, 5) is 11.0. The standard InChI is InChI=1S/C11H14F2N2O3S/c1-2-9(14)10(16)15-7-3-5-8(6-4-7)19(17,18)11(12)13/h3-6,9,11H,2,14H2,1H3,(H,15,16). The Labute approximate surface area is 109 Å². The van der Waals surface area contributed by atoms with Gasteiger partial charge in [-0.3, -0.25) is 4.79 Å². The third-order valence-corrected chi connectivity index (χ3v) is 3.86. The lowest BCUT2D eigenvalue weighted by molar-refractivity contribution is -0.117. The van der Waals surface area contributed by atoms with Gasteiger partial charge in [0.2, 0.25) is 15.7 Å². The highest BCUT2D eigenvalue weighted by Gasteiger charge is 2.26. The van der Waals surface area contributed by atoms with E-state index >= 15 is 0 Å². The van der Waals surface area contributed by atoms with Gasteiger partial charge in [0.25, 0.3) is 0 Å². The first-order chi connectivity index (χ1) is 8.78. The van der Waals surface area contributed by atoms with Crippen LogP contribution >= 0.6 is 0 Å². The highest BCUT2D eigenvalue weighted by molar-refractivity contribution is 7.91. The van der Waals surface area contributed by atoms with Gasteiger partial charge in [0.05, 0.1) is 10.9 Å². The average Bonchev–Trinajstić information content (AvgIpc) is 2.38. The van der Waals surface area contributed by atoms with E-state index in [0.717, 1.165) is 12.1 Å². The van der Waals surface area contributed by atoms with Crippen LogP contribution in [-0.4, -0.2) is 26.1 Å². The average molecular weight is 292 g/mol. The summed E-state index contributed by atoms with van der Waals surface area (Å²) in [6.07, 6.45) is 0.448. The zero-order chi connectivity index (χ0) is 14.6. The summed E-state index contributed by atoms with van der Waals surface area (Å²) in [5, 5.41) is 2.45. The fraction of sp³-hybridized carbons (Fsp3) is 0.364. The summed E-state index contributed by atoms with van der Waals surface area (Å²) in [5.74, 6) is -3.89. The summed E-state index contributed by atoms with van der Waals surface area (Å²) in [7, 11) is -4.61. The zero-order valence-electron chi connectivity index (χ0n) is 10.1. The van der Waals surface area contributed by atoms with Crippen molar-refractivity contribution in [2.24, 2.45) is 5.73 Å². The van der Waals surface area contributed by atoms with Crippen molar-refractivity contribution < 1.29 is 22.0 Å². The minimum atomic E-state index is -4.61. The monoisotopic (exact) mass is 292 g/mol. The van der Waals surface area contributed by atoms with Crippen LogP contribution in [0.4, 0.5) is 14.5 Å². The molecule has 0 radical (unpaired) electrons. The predicted octanol–water partition coefficient (Wildman–Crippen LogP) is 1.36. The topological polar surface area (TPSA) is 89.3 Å². The number of hydrogen-bond acceptors (Lipinski definition) is 4. The van der Waals surface area contributed by atoms with E-state index in [1.165, 1.54) is 12.1 Å². The highest BCUT2D eigenvalue weighted by Crippen LogP contribution is 2.20. The number of carbonyl (C=O) groups is 1. The molecule has 1 rings (SSSR count). The molecule has 0 heterocycles. The molecule has 0 spiro atoms. The van der Waals surface area contributed by atoms with Gasteiger partial charge >= 0.3 is 5.76 Å². The van der Waals surface area contributed by atoms with E-state index in [9.17, 15) is 22.0 Å². The molecule has 0 bridgehead atoms. The Hall–Kier alpha value is -1.54. The van der Waals surface area contributed by atoms with Gasteiger partial charge in [0.1, 0.15) is 0 Å². The van der Waals surface area contributed by atoms with E-state index in [0.29, 0.717) is 12.1 Å². The Morgan fingerprint density at radius 3 is 2.26 bits per heavy atom. The van der Waals surface area contributed by atoms with E-state index in [1.54, 1.807) is 6.92 Å². The van der Waals surface area contributed by atoms with Crippen LogP contribution < -0.4 is 11.1 Å². The maximum Gasteiger partial charge on any atom is 0.341 e. The normalized spacial score (nSPS) is 13.3. The second-order valence-electron chi connectivity index (χ2n) is 3.83. The van der Waals surface area contributed by atoms with Crippen molar-refractivity contribution >= 4 is 21.4 Å². The molecule has 0 aliphatic carbocycles. The van der Waals surface area contributed by atoms with Crippen molar-refractivity contribution in [3.63, 3.8) is 0 Å². The molecular formula is C11H14F2N2O3S. The van der Waals surface area contributed by atoms with Gasteiger partial charge in [-0.05, 0) is 30.7 Å². The molecule has 0 aliphatic heterocycles. The maximum atomic E-state index is 12.3. The predicted molar refractivity (Wildman–Crippen MR) is 66.5 cm³/mol. The molecule has 0 saturated carbocycles. The highest BCUT2D eigenvalue weighted by atomic mass is 32.2. The summed E-state index contributed by atoms with van der Waals surface area (Å²) in [5.41, 5.74) is 5.79. The molecule has 19 heavy (non-hydrogen) atoms. The molecule has 8 heteroatoms. The van der Waals surface area contributed by atoms with E-state index < -0.39 is 32.4 Å². The van der Waals surface area contributed by atoms with E-state index in [1.807, 2.05) is 0 Å². The van der Waals surface area contributed by atoms with Gasteiger partial charge in [-0.25, -0.2) is 8.42 Å². The smallest absolute Gasteiger partial charge is 0.325 e. The molecule has 0 saturated heterocycles. The largest absolute Gasteiger partial charge is 0.341 e. The van der Waals surface area contributed by atoms with Crippen LogP contribution in [0.15, 0.2) is 29.2 Å². The van der Waals surface area contributed by atoms with Gasteiger partial charge in [-0.15, -0.1) is 0 Å². The molecule has 1 atom stereocenters. The fourth-order valence-corrected chi connectivity index (χ4v) is 1.97. The van der Waals surface area contributed by atoms with Crippen LogP contribution in [0.5, 0.6) is 0 Å². The zero-order valence-corrected chi connectivity index (χ0v) is 11.0. The summed E-state index contributed by atoms with van der Waals surface area (Å²) >= 11 is 0. The first-order valence-corrected chi connectivity index (χ1v) is 7.02. The van der Waals surface area contributed by atoms with Crippen LogP contribution in [0.2, 0.25) is 0 Å². The van der Waals surface area contributed by atoms with Crippen molar-refractivity contribution in [2.75, 3.05) is 5.32 Å². The SMILES string of the molecule is CCC(N)C(=O)Nc1ccc(S(=O)(=O)C(F)F)cc1. The number of carbonyl (C=O) groups excluding carboxylic acids is 1. The molecule has 1 aromatic carbocycles. The first-order valence-electron chi connectivity index (χ1n) is 5.47. The van der Waals surface area contributed by atoms with Crippen LogP contribution in [0.25, 0.3) is 0 Å². The van der Waals surface area contributed by atoms with Crippen LogP contribution in [0, 0.1) is 0 Å². The minimum Gasteiger partial charge on any atom is -0.325 e. The molecule has 0 aliphatic rings. The second-order valence-corrected chi connectivity index (χ2v) is 5.75. The third-order valence-electron chi connectivity index (χ3n) is 2.46. The lowest BCUT2D eigenvalue weighted by Gasteiger charge is -2.10. The maximum absolute atomic E-state index is 12.3.